The van der Waals surface area contributed by atoms with Crippen molar-refractivity contribution in [2.24, 2.45) is 4.99 Å². The fourth-order valence-corrected chi connectivity index (χ4v) is 4.99. The first-order chi connectivity index (χ1) is 15.6. The van der Waals surface area contributed by atoms with Crippen LogP contribution in [0, 0.1) is 27.7 Å². The van der Waals surface area contributed by atoms with Crippen molar-refractivity contribution in [2.75, 3.05) is 4.90 Å². The van der Waals surface area contributed by atoms with Gasteiger partial charge in [0.15, 0.2) is 5.17 Å². The number of carbonyl (C=O) groups excluding carboxylic acids is 1. The summed E-state index contributed by atoms with van der Waals surface area (Å²) in [4.78, 5) is 20.5. The third kappa shape index (κ3) is 4.81. The zero-order valence-electron chi connectivity index (χ0n) is 18.6. The van der Waals surface area contributed by atoms with Gasteiger partial charge >= 0.3 is 0 Å². The number of benzene rings is 3. The van der Waals surface area contributed by atoms with E-state index in [4.69, 9.17) is 28.2 Å². The lowest BCUT2D eigenvalue weighted by Crippen LogP contribution is -2.29. The highest BCUT2D eigenvalue weighted by molar-refractivity contribution is 8.19. The number of rotatable bonds is 3. The normalized spacial score (nSPS) is 16.3. The number of phenolic OH excluding ortho intramolecular Hbond substituents is 1. The Hall–Kier alpha value is -2.73. The number of aromatic hydroxyl groups is 1. The van der Waals surface area contributed by atoms with E-state index >= 15 is 0 Å². The van der Waals surface area contributed by atoms with Gasteiger partial charge in [-0.3, -0.25) is 9.69 Å². The van der Waals surface area contributed by atoms with Crippen LogP contribution in [0.4, 0.5) is 11.4 Å². The van der Waals surface area contributed by atoms with Gasteiger partial charge in [-0.15, -0.1) is 0 Å². The first-order valence-corrected chi connectivity index (χ1v) is 11.9. The van der Waals surface area contributed by atoms with Crippen LogP contribution in [0.2, 0.25) is 10.0 Å². The summed E-state index contributed by atoms with van der Waals surface area (Å²) >= 11 is 13.5. The molecule has 4 nitrogen and oxygen atoms in total. The summed E-state index contributed by atoms with van der Waals surface area (Å²) in [6.45, 7) is 7.95. The van der Waals surface area contributed by atoms with E-state index in [9.17, 15) is 9.90 Å². The van der Waals surface area contributed by atoms with Crippen molar-refractivity contribution in [2.45, 2.75) is 27.7 Å². The van der Waals surface area contributed by atoms with Crippen molar-refractivity contribution >= 4 is 63.5 Å². The lowest BCUT2D eigenvalue weighted by atomic mass is 10.1. The molecular weight excluding hydrogens is 475 g/mol. The monoisotopic (exact) mass is 496 g/mol. The largest absolute Gasteiger partial charge is 0.506 e. The summed E-state index contributed by atoms with van der Waals surface area (Å²) in [5.74, 6) is -0.353. The van der Waals surface area contributed by atoms with Crippen molar-refractivity contribution in [1.29, 1.82) is 0 Å². The van der Waals surface area contributed by atoms with E-state index in [1.165, 1.54) is 17.8 Å². The lowest BCUT2D eigenvalue weighted by molar-refractivity contribution is -0.113. The van der Waals surface area contributed by atoms with Crippen LogP contribution >= 0.6 is 35.0 Å². The lowest BCUT2D eigenvalue weighted by Gasteiger charge is -2.19. The summed E-state index contributed by atoms with van der Waals surface area (Å²) in [5, 5.41) is 11.4. The second-order valence-corrected chi connectivity index (χ2v) is 9.90. The number of amidine groups is 1. The predicted molar refractivity (Wildman–Crippen MR) is 140 cm³/mol. The highest BCUT2D eigenvalue weighted by atomic mass is 35.5. The highest BCUT2D eigenvalue weighted by Crippen LogP contribution is 2.41. The van der Waals surface area contributed by atoms with Crippen LogP contribution < -0.4 is 4.90 Å². The van der Waals surface area contributed by atoms with Gasteiger partial charge in [0.1, 0.15) is 5.75 Å². The SMILES string of the molecule is Cc1ccc(C)c(N=C2S/C(=C\c3cc(Cl)cc(Cl)c3O)C(=O)N2c2cc(C)ccc2C)c1. The number of aliphatic imine (C=N–C) groups is 1. The van der Waals surface area contributed by atoms with Gasteiger partial charge < -0.3 is 5.11 Å². The summed E-state index contributed by atoms with van der Waals surface area (Å²) in [6, 6.07) is 15.1. The average molecular weight is 497 g/mol. The molecule has 0 aromatic heterocycles. The fraction of sp³-hybridized carbons (Fsp3) is 0.154. The van der Waals surface area contributed by atoms with Gasteiger partial charge in [0.25, 0.3) is 5.91 Å². The number of hydrogen-bond acceptors (Lipinski definition) is 4. The maximum Gasteiger partial charge on any atom is 0.271 e. The van der Waals surface area contributed by atoms with Crippen LogP contribution in [0.15, 0.2) is 58.4 Å². The van der Waals surface area contributed by atoms with Crippen molar-refractivity contribution in [3.8, 4) is 5.75 Å². The van der Waals surface area contributed by atoms with Gasteiger partial charge in [0.2, 0.25) is 0 Å². The number of anilines is 1. The van der Waals surface area contributed by atoms with Crippen molar-refractivity contribution in [1.82, 2.24) is 0 Å². The number of thioether (sulfide) groups is 1. The number of amides is 1. The van der Waals surface area contributed by atoms with E-state index in [0.29, 0.717) is 20.7 Å². The molecule has 1 amide bonds. The Morgan fingerprint density at radius 2 is 1.61 bits per heavy atom. The van der Waals surface area contributed by atoms with E-state index in [-0.39, 0.29) is 16.7 Å². The summed E-state index contributed by atoms with van der Waals surface area (Å²) in [7, 11) is 0. The molecule has 0 aliphatic carbocycles. The van der Waals surface area contributed by atoms with Crippen LogP contribution in [-0.2, 0) is 4.79 Å². The summed E-state index contributed by atoms with van der Waals surface area (Å²) in [6.07, 6.45) is 1.60. The van der Waals surface area contributed by atoms with Gasteiger partial charge in [0, 0.05) is 10.6 Å². The highest BCUT2D eigenvalue weighted by Gasteiger charge is 2.36. The second-order valence-electron chi connectivity index (χ2n) is 8.05. The zero-order chi connectivity index (χ0) is 23.9. The molecule has 1 heterocycles. The molecule has 0 unspecified atom stereocenters. The van der Waals surface area contributed by atoms with Crippen LogP contribution in [0.25, 0.3) is 6.08 Å². The Kier molecular flexibility index (Phi) is 6.57. The van der Waals surface area contributed by atoms with Gasteiger partial charge in [-0.25, -0.2) is 4.99 Å². The Balaban J connectivity index is 1.89. The number of phenols is 1. The van der Waals surface area contributed by atoms with Gasteiger partial charge in [0.05, 0.1) is 21.3 Å². The van der Waals surface area contributed by atoms with E-state index in [1.807, 2.05) is 64.1 Å². The minimum Gasteiger partial charge on any atom is -0.506 e. The van der Waals surface area contributed by atoms with Crippen molar-refractivity contribution in [3.63, 3.8) is 0 Å². The molecule has 168 valence electrons. The zero-order valence-corrected chi connectivity index (χ0v) is 20.9. The Bertz CT molecular complexity index is 1350. The van der Waals surface area contributed by atoms with Crippen molar-refractivity contribution in [3.05, 3.63) is 91.3 Å². The number of hydrogen-bond donors (Lipinski definition) is 1. The standard InChI is InChI=1S/C26H22Cl2N2O2S/c1-14-5-7-16(3)21(9-14)29-26-30(22-10-15(2)6-8-17(22)4)25(32)23(33-26)12-18-11-19(27)13-20(28)24(18)31/h5-13,31H,1-4H3/b23-12-,29-26?. The molecule has 1 N–H and O–H groups in total. The molecule has 0 saturated carbocycles. The molecule has 0 spiro atoms. The topological polar surface area (TPSA) is 52.9 Å². The summed E-state index contributed by atoms with van der Waals surface area (Å²) < 4.78 is 0. The first-order valence-electron chi connectivity index (χ1n) is 10.3. The van der Waals surface area contributed by atoms with Gasteiger partial charge in [-0.2, -0.15) is 0 Å². The maximum absolute atomic E-state index is 13.6. The minimum atomic E-state index is -0.228. The van der Waals surface area contributed by atoms with E-state index in [1.54, 1.807) is 17.0 Å². The average Bonchev–Trinajstić information content (AvgIpc) is 3.05. The Morgan fingerprint density at radius 3 is 2.33 bits per heavy atom. The van der Waals surface area contributed by atoms with Crippen LogP contribution in [0.3, 0.4) is 0 Å². The second kappa shape index (κ2) is 9.26. The molecule has 33 heavy (non-hydrogen) atoms. The molecule has 7 heteroatoms. The quantitative estimate of drug-likeness (QED) is 0.377. The van der Waals surface area contributed by atoms with Crippen LogP contribution in [-0.4, -0.2) is 16.2 Å². The van der Waals surface area contributed by atoms with Crippen molar-refractivity contribution < 1.29 is 9.90 Å². The molecule has 1 aliphatic heterocycles. The molecule has 1 fully saturated rings. The van der Waals surface area contributed by atoms with E-state index in [0.717, 1.165) is 33.6 Å². The number of aryl methyl sites for hydroxylation is 4. The van der Waals surface area contributed by atoms with Crippen LogP contribution in [0.5, 0.6) is 5.75 Å². The number of nitrogens with zero attached hydrogens (tertiary/aromatic N) is 2. The fourth-order valence-electron chi connectivity index (χ4n) is 3.50. The molecule has 1 aliphatic rings. The molecule has 1 saturated heterocycles. The molecule has 3 aromatic rings. The third-order valence-corrected chi connectivity index (χ3v) is 6.81. The van der Waals surface area contributed by atoms with Gasteiger partial charge in [-0.1, -0.05) is 47.5 Å². The molecule has 0 atom stereocenters. The minimum absolute atomic E-state index is 0.125. The predicted octanol–water partition coefficient (Wildman–Crippen LogP) is 7.74. The Labute approximate surface area is 207 Å². The van der Waals surface area contributed by atoms with Gasteiger partial charge in [-0.05, 0) is 92.1 Å². The summed E-state index contributed by atoms with van der Waals surface area (Å²) in [5.41, 5.74) is 6.04. The molecule has 0 radical (unpaired) electrons. The molecule has 0 bridgehead atoms. The third-order valence-electron chi connectivity index (χ3n) is 5.34. The first kappa shape index (κ1) is 23.4. The molecular formula is C26H22Cl2N2O2S. The smallest absolute Gasteiger partial charge is 0.271 e. The number of carbonyl (C=O) groups is 1. The Morgan fingerprint density at radius 1 is 0.939 bits per heavy atom. The van der Waals surface area contributed by atoms with E-state index < -0.39 is 0 Å². The molecule has 4 rings (SSSR count). The molecule has 3 aromatic carbocycles. The maximum atomic E-state index is 13.6. The van der Waals surface area contributed by atoms with E-state index in [2.05, 4.69) is 0 Å². The number of halogens is 2. The van der Waals surface area contributed by atoms with Crippen LogP contribution in [0.1, 0.15) is 27.8 Å².